The molecule has 1 heterocycles. The van der Waals surface area contributed by atoms with Crippen LogP contribution in [0.5, 0.6) is 0 Å². The maximum atomic E-state index is 12.1. The molecule has 0 radical (unpaired) electrons. The first kappa shape index (κ1) is 19.4. The second-order valence-electron chi connectivity index (χ2n) is 6.69. The SMILES string of the molecule is CCCN(CCC)CCCC(=O)Nc1ccc(N2CCCC2=O)cc1. The van der Waals surface area contributed by atoms with Crippen molar-refractivity contribution in [2.75, 3.05) is 36.4 Å². The molecule has 1 aromatic rings. The zero-order valence-electron chi connectivity index (χ0n) is 15.6. The molecule has 2 amide bonds. The van der Waals surface area contributed by atoms with Crippen molar-refractivity contribution in [3.05, 3.63) is 24.3 Å². The van der Waals surface area contributed by atoms with E-state index < -0.39 is 0 Å². The number of benzene rings is 1. The van der Waals surface area contributed by atoms with Gasteiger partial charge in [0.2, 0.25) is 11.8 Å². The van der Waals surface area contributed by atoms with Crippen molar-refractivity contribution in [3.63, 3.8) is 0 Å². The zero-order valence-corrected chi connectivity index (χ0v) is 15.6. The van der Waals surface area contributed by atoms with Crippen molar-refractivity contribution in [2.24, 2.45) is 0 Å². The predicted octanol–water partition coefficient (Wildman–Crippen LogP) is 3.65. The summed E-state index contributed by atoms with van der Waals surface area (Å²) >= 11 is 0. The summed E-state index contributed by atoms with van der Waals surface area (Å²) in [5.41, 5.74) is 1.70. The molecule has 1 aromatic carbocycles. The molecule has 0 aliphatic carbocycles. The first-order valence-electron chi connectivity index (χ1n) is 9.56. The van der Waals surface area contributed by atoms with Crippen LogP contribution >= 0.6 is 0 Å². The Balaban J connectivity index is 1.75. The van der Waals surface area contributed by atoms with Gasteiger partial charge >= 0.3 is 0 Å². The monoisotopic (exact) mass is 345 g/mol. The zero-order chi connectivity index (χ0) is 18.1. The second kappa shape index (κ2) is 10.2. The summed E-state index contributed by atoms with van der Waals surface area (Å²) in [6, 6.07) is 7.56. The standard InChI is InChI=1S/C20H31N3O2/c1-3-13-22(14-4-2)15-5-7-19(24)21-17-9-11-18(12-10-17)23-16-6-8-20(23)25/h9-12H,3-8,13-16H2,1-2H3,(H,21,24). The lowest BCUT2D eigenvalue weighted by molar-refractivity contribution is -0.117. The minimum atomic E-state index is 0.0537. The van der Waals surface area contributed by atoms with Gasteiger partial charge in [-0.05, 0) is 69.6 Å². The molecular weight excluding hydrogens is 314 g/mol. The highest BCUT2D eigenvalue weighted by Crippen LogP contribution is 2.23. The van der Waals surface area contributed by atoms with Gasteiger partial charge in [0.05, 0.1) is 0 Å². The van der Waals surface area contributed by atoms with E-state index in [0.717, 1.165) is 63.2 Å². The van der Waals surface area contributed by atoms with E-state index in [1.807, 2.05) is 29.2 Å². The van der Waals surface area contributed by atoms with Crippen LogP contribution in [-0.4, -0.2) is 42.9 Å². The fraction of sp³-hybridized carbons (Fsp3) is 0.600. The number of amides is 2. The molecule has 2 rings (SSSR count). The molecule has 1 N–H and O–H groups in total. The predicted molar refractivity (Wildman–Crippen MR) is 103 cm³/mol. The van der Waals surface area contributed by atoms with Gasteiger partial charge in [-0.15, -0.1) is 0 Å². The molecule has 1 aliphatic heterocycles. The Bertz CT molecular complexity index is 551. The van der Waals surface area contributed by atoms with Gasteiger partial charge in [-0.2, -0.15) is 0 Å². The first-order valence-corrected chi connectivity index (χ1v) is 9.56. The van der Waals surface area contributed by atoms with Crippen LogP contribution < -0.4 is 10.2 Å². The van der Waals surface area contributed by atoms with Gasteiger partial charge in [0.15, 0.2) is 0 Å². The summed E-state index contributed by atoms with van der Waals surface area (Å²) < 4.78 is 0. The Labute approximate surface area is 151 Å². The number of hydrogen-bond acceptors (Lipinski definition) is 3. The van der Waals surface area contributed by atoms with Gasteiger partial charge in [0, 0.05) is 30.8 Å². The smallest absolute Gasteiger partial charge is 0.227 e. The molecule has 1 aliphatic rings. The normalized spacial score (nSPS) is 14.4. The summed E-state index contributed by atoms with van der Waals surface area (Å²) in [5.74, 6) is 0.235. The van der Waals surface area contributed by atoms with Crippen molar-refractivity contribution >= 4 is 23.2 Å². The van der Waals surface area contributed by atoms with Crippen LogP contribution in [0.1, 0.15) is 52.4 Å². The van der Waals surface area contributed by atoms with Crippen LogP contribution in [0.2, 0.25) is 0 Å². The highest BCUT2D eigenvalue weighted by atomic mass is 16.2. The minimum Gasteiger partial charge on any atom is -0.326 e. The lowest BCUT2D eigenvalue weighted by Crippen LogP contribution is -2.27. The number of hydrogen-bond donors (Lipinski definition) is 1. The highest BCUT2D eigenvalue weighted by Gasteiger charge is 2.21. The van der Waals surface area contributed by atoms with Crippen molar-refractivity contribution in [1.82, 2.24) is 4.90 Å². The number of carbonyl (C=O) groups is 2. The van der Waals surface area contributed by atoms with Gasteiger partial charge in [0.25, 0.3) is 0 Å². The van der Waals surface area contributed by atoms with E-state index in [1.54, 1.807) is 0 Å². The Morgan fingerprint density at radius 1 is 1.12 bits per heavy atom. The Morgan fingerprint density at radius 2 is 1.80 bits per heavy atom. The average molecular weight is 345 g/mol. The average Bonchev–Trinajstić information content (AvgIpc) is 3.02. The molecule has 0 saturated carbocycles. The summed E-state index contributed by atoms with van der Waals surface area (Å²) in [5, 5.41) is 2.95. The number of carbonyl (C=O) groups excluding carboxylic acids is 2. The molecule has 1 fully saturated rings. The highest BCUT2D eigenvalue weighted by molar-refractivity contribution is 5.96. The Kier molecular flexibility index (Phi) is 7.92. The second-order valence-corrected chi connectivity index (χ2v) is 6.69. The minimum absolute atomic E-state index is 0.0537. The van der Waals surface area contributed by atoms with Crippen LogP contribution in [0.25, 0.3) is 0 Å². The number of nitrogens with zero attached hydrogens (tertiary/aromatic N) is 2. The third-order valence-corrected chi connectivity index (χ3v) is 4.49. The van der Waals surface area contributed by atoms with E-state index in [0.29, 0.717) is 12.8 Å². The molecule has 0 bridgehead atoms. The van der Waals surface area contributed by atoms with Gasteiger partial charge in [-0.3, -0.25) is 9.59 Å². The molecule has 0 atom stereocenters. The fourth-order valence-electron chi connectivity index (χ4n) is 3.30. The summed E-state index contributed by atoms with van der Waals surface area (Å²) in [7, 11) is 0. The maximum Gasteiger partial charge on any atom is 0.227 e. The van der Waals surface area contributed by atoms with Crippen LogP contribution in [0.3, 0.4) is 0 Å². The quantitative estimate of drug-likeness (QED) is 0.704. The van der Waals surface area contributed by atoms with Crippen molar-refractivity contribution in [2.45, 2.75) is 52.4 Å². The fourth-order valence-corrected chi connectivity index (χ4v) is 3.30. The Hall–Kier alpha value is -1.88. The van der Waals surface area contributed by atoms with E-state index in [1.165, 1.54) is 0 Å². The van der Waals surface area contributed by atoms with Crippen molar-refractivity contribution in [1.29, 1.82) is 0 Å². The number of anilines is 2. The molecule has 5 nitrogen and oxygen atoms in total. The molecule has 1 saturated heterocycles. The van der Waals surface area contributed by atoms with E-state index in [2.05, 4.69) is 24.1 Å². The third kappa shape index (κ3) is 6.16. The topological polar surface area (TPSA) is 52.7 Å². The van der Waals surface area contributed by atoms with E-state index >= 15 is 0 Å². The summed E-state index contributed by atoms with van der Waals surface area (Å²) in [6.45, 7) is 8.35. The molecule has 25 heavy (non-hydrogen) atoms. The molecule has 0 spiro atoms. The first-order chi connectivity index (χ1) is 12.1. The largest absolute Gasteiger partial charge is 0.326 e. The Morgan fingerprint density at radius 3 is 2.36 bits per heavy atom. The molecular formula is C20H31N3O2. The van der Waals surface area contributed by atoms with E-state index in [-0.39, 0.29) is 11.8 Å². The van der Waals surface area contributed by atoms with Crippen LogP contribution in [-0.2, 0) is 9.59 Å². The van der Waals surface area contributed by atoms with Crippen molar-refractivity contribution < 1.29 is 9.59 Å². The lowest BCUT2D eigenvalue weighted by atomic mass is 10.2. The van der Waals surface area contributed by atoms with Crippen LogP contribution in [0, 0.1) is 0 Å². The molecule has 0 aromatic heterocycles. The van der Waals surface area contributed by atoms with Gasteiger partial charge in [-0.1, -0.05) is 13.8 Å². The van der Waals surface area contributed by atoms with Crippen molar-refractivity contribution in [3.8, 4) is 0 Å². The van der Waals surface area contributed by atoms with E-state index in [4.69, 9.17) is 0 Å². The summed E-state index contributed by atoms with van der Waals surface area (Å²) in [6.07, 6.45) is 5.27. The third-order valence-electron chi connectivity index (χ3n) is 4.49. The summed E-state index contributed by atoms with van der Waals surface area (Å²) in [4.78, 5) is 28.1. The van der Waals surface area contributed by atoms with Gasteiger partial charge in [0.1, 0.15) is 0 Å². The van der Waals surface area contributed by atoms with Crippen LogP contribution in [0.15, 0.2) is 24.3 Å². The van der Waals surface area contributed by atoms with Gasteiger partial charge in [-0.25, -0.2) is 0 Å². The van der Waals surface area contributed by atoms with Crippen LogP contribution in [0.4, 0.5) is 11.4 Å². The lowest BCUT2D eigenvalue weighted by Gasteiger charge is -2.20. The molecule has 138 valence electrons. The van der Waals surface area contributed by atoms with Gasteiger partial charge < -0.3 is 15.1 Å². The number of rotatable bonds is 10. The molecule has 5 heteroatoms. The van der Waals surface area contributed by atoms with E-state index in [9.17, 15) is 9.59 Å². The number of nitrogens with one attached hydrogen (secondary N) is 1. The maximum absolute atomic E-state index is 12.1. The molecule has 0 unspecified atom stereocenters.